The van der Waals surface area contributed by atoms with Gasteiger partial charge in [0.05, 0.1) is 0 Å². The van der Waals surface area contributed by atoms with Gasteiger partial charge in [-0.3, -0.25) is 0 Å². The summed E-state index contributed by atoms with van der Waals surface area (Å²) in [5, 5.41) is 11.0. The predicted octanol–water partition coefficient (Wildman–Crippen LogP) is 7.31. The lowest BCUT2D eigenvalue weighted by atomic mass is 9.77. The molecule has 176 valence electrons. The van der Waals surface area contributed by atoms with Crippen LogP contribution in [0.2, 0.25) is 0 Å². The molecule has 2 saturated carbocycles. The Morgan fingerprint density at radius 2 is 0.472 bits per heavy atom. The van der Waals surface area contributed by atoms with E-state index in [0.29, 0.717) is 0 Å². The molecule has 0 heteroatoms. The van der Waals surface area contributed by atoms with Crippen LogP contribution in [0.1, 0.15) is 51.4 Å². The Balaban J connectivity index is 1.95. The molecule has 0 atom stereocenters. The number of rotatable bonds is 0. The Bertz CT molecular complexity index is 1800. The molecule has 0 amide bonds. The Labute approximate surface area is 212 Å². The lowest BCUT2D eigenvalue weighted by Gasteiger charge is -2.28. The third-order valence-electron chi connectivity index (χ3n) is 8.53. The highest BCUT2D eigenvalue weighted by molar-refractivity contribution is 5.77. The Hall–Kier alpha value is -3.64. The number of hydrogen-bond acceptors (Lipinski definition) is 0. The van der Waals surface area contributed by atoms with Gasteiger partial charge in [0.25, 0.3) is 0 Å². The van der Waals surface area contributed by atoms with E-state index in [-0.39, 0.29) is 0 Å². The molecule has 0 radical (unpaired) electrons. The van der Waals surface area contributed by atoms with Crippen molar-refractivity contribution in [2.45, 2.75) is 51.4 Å². The lowest BCUT2D eigenvalue weighted by molar-refractivity contribution is 0.677. The Morgan fingerprint density at radius 3 is 0.778 bits per heavy atom. The summed E-state index contributed by atoms with van der Waals surface area (Å²) in [5.41, 5.74) is 6.52. The SMILES string of the molecule is c1ccc2/c(c1)=C1/CCCC/C1=C1\CCCC\C1=c1/cccc/c1=c1\cccc\c1=c1/cccc/c1=2. The van der Waals surface area contributed by atoms with Crippen molar-refractivity contribution in [3.8, 4) is 0 Å². The average Bonchev–Trinajstić information content (AvgIpc) is 2.97. The summed E-state index contributed by atoms with van der Waals surface area (Å²) in [6.45, 7) is 0. The van der Waals surface area contributed by atoms with Crippen LogP contribution in [0.3, 0.4) is 0 Å². The summed E-state index contributed by atoms with van der Waals surface area (Å²) in [5.74, 6) is 0. The summed E-state index contributed by atoms with van der Waals surface area (Å²) in [4.78, 5) is 0. The summed E-state index contributed by atoms with van der Waals surface area (Å²) in [6.07, 6.45) is 9.98. The van der Waals surface area contributed by atoms with Gasteiger partial charge in [0, 0.05) is 0 Å². The molecular formula is C36H32. The second-order valence-corrected chi connectivity index (χ2v) is 10.5. The number of hydrogen-bond donors (Lipinski definition) is 0. The van der Waals surface area contributed by atoms with Crippen molar-refractivity contribution in [1.82, 2.24) is 0 Å². The molecule has 0 unspecified atom stereocenters. The van der Waals surface area contributed by atoms with Crippen LogP contribution in [0.15, 0.2) is 108 Å². The van der Waals surface area contributed by atoms with Gasteiger partial charge in [0.15, 0.2) is 0 Å². The van der Waals surface area contributed by atoms with Crippen LogP contribution in [0.5, 0.6) is 0 Å². The maximum atomic E-state index is 2.39. The van der Waals surface area contributed by atoms with Crippen molar-refractivity contribution in [2.24, 2.45) is 0 Å². The van der Waals surface area contributed by atoms with E-state index in [4.69, 9.17) is 0 Å². The summed E-state index contributed by atoms with van der Waals surface area (Å²) in [6, 6.07) is 36.5. The summed E-state index contributed by atoms with van der Waals surface area (Å²) in [7, 11) is 0. The monoisotopic (exact) mass is 464 g/mol. The molecule has 0 heterocycles. The zero-order valence-corrected chi connectivity index (χ0v) is 20.9. The van der Waals surface area contributed by atoms with Crippen LogP contribution in [0, 0.1) is 31.3 Å². The second-order valence-electron chi connectivity index (χ2n) is 10.5. The molecule has 0 aliphatic heterocycles. The zero-order chi connectivity index (χ0) is 23.9. The van der Waals surface area contributed by atoms with Gasteiger partial charge in [-0.05, 0) is 115 Å². The van der Waals surface area contributed by atoms with Gasteiger partial charge in [-0.1, -0.05) is 97.1 Å². The molecule has 2 fully saturated rings. The summed E-state index contributed by atoms with van der Waals surface area (Å²) >= 11 is 0. The van der Waals surface area contributed by atoms with Gasteiger partial charge in [0.1, 0.15) is 0 Å². The molecule has 3 aliphatic carbocycles. The van der Waals surface area contributed by atoms with Crippen LogP contribution >= 0.6 is 0 Å². The molecule has 4 aromatic carbocycles. The Kier molecular flexibility index (Phi) is 5.47. The van der Waals surface area contributed by atoms with Crippen molar-refractivity contribution in [2.75, 3.05) is 0 Å². The summed E-state index contributed by atoms with van der Waals surface area (Å²) < 4.78 is 0. The van der Waals surface area contributed by atoms with Crippen molar-refractivity contribution in [3.63, 3.8) is 0 Å². The third kappa shape index (κ3) is 3.51. The molecule has 0 N–H and O–H groups in total. The van der Waals surface area contributed by atoms with Gasteiger partial charge in [-0.2, -0.15) is 0 Å². The highest BCUT2D eigenvalue weighted by Gasteiger charge is 2.22. The lowest BCUT2D eigenvalue weighted by Crippen LogP contribution is -2.19. The molecule has 0 spiro atoms. The minimum atomic E-state index is 1.18. The van der Waals surface area contributed by atoms with E-state index >= 15 is 0 Å². The molecule has 4 aromatic rings. The fourth-order valence-electron chi connectivity index (χ4n) is 6.94. The van der Waals surface area contributed by atoms with Gasteiger partial charge in [-0.25, -0.2) is 0 Å². The Morgan fingerprint density at radius 1 is 0.250 bits per heavy atom. The fraction of sp³-hybridized carbons (Fsp3) is 0.222. The normalized spacial score (nSPS) is 24.9. The van der Waals surface area contributed by atoms with Crippen LogP contribution in [-0.4, -0.2) is 0 Å². The maximum Gasteiger partial charge on any atom is -0.00990 e. The van der Waals surface area contributed by atoms with E-state index in [2.05, 4.69) is 97.1 Å². The quantitative estimate of drug-likeness (QED) is 0.256. The van der Waals surface area contributed by atoms with Crippen molar-refractivity contribution in [3.05, 3.63) is 150 Å². The molecule has 0 aromatic heterocycles. The minimum absolute atomic E-state index is 1.18. The van der Waals surface area contributed by atoms with E-state index in [1.54, 1.807) is 22.3 Å². The van der Waals surface area contributed by atoms with Gasteiger partial charge in [0.2, 0.25) is 0 Å². The average molecular weight is 465 g/mol. The molecule has 7 rings (SSSR count). The van der Waals surface area contributed by atoms with E-state index < -0.39 is 0 Å². The first kappa shape index (κ1) is 21.6. The van der Waals surface area contributed by atoms with Gasteiger partial charge >= 0.3 is 0 Å². The second kappa shape index (κ2) is 9.10. The molecular weight excluding hydrogens is 432 g/mol. The van der Waals surface area contributed by atoms with Crippen LogP contribution in [-0.2, 0) is 0 Å². The number of benzene rings is 4. The first-order valence-corrected chi connectivity index (χ1v) is 13.7. The van der Waals surface area contributed by atoms with Crippen LogP contribution in [0.25, 0.3) is 11.1 Å². The molecule has 0 saturated heterocycles. The largest absolute Gasteiger partial charge is 0.0616 e. The molecule has 3 aliphatic rings. The van der Waals surface area contributed by atoms with Crippen molar-refractivity contribution < 1.29 is 0 Å². The van der Waals surface area contributed by atoms with E-state index in [1.165, 1.54) is 93.1 Å². The first-order chi connectivity index (χ1) is 17.9. The fourth-order valence-corrected chi connectivity index (χ4v) is 6.94. The topological polar surface area (TPSA) is 0 Å². The van der Waals surface area contributed by atoms with E-state index in [9.17, 15) is 0 Å². The van der Waals surface area contributed by atoms with Gasteiger partial charge in [-0.15, -0.1) is 0 Å². The first-order valence-electron chi connectivity index (χ1n) is 13.7. The zero-order valence-electron chi connectivity index (χ0n) is 20.9. The molecule has 36 heavy (non-hydrogen) atoms. The smallest absolute Gasteiger partial charge is 0.00990 e. The van der Waals surface area contributed by atoms with E-state index in [0.717, 1.165) is 0 Å². The molecule has 0 nitrogen and oxygen atoms in total. The number of fused-ring (bicyclic) bond motifs is 6. The van der Waals surface area contributed by atoms with E-state index in [1.807, 2.05) is 0 Å². The molecule has 0 bridgehead atoms. The number of allylic oxidation sites excluding steroid dienone is 2. The highest BCUT2D eigenvalue weighted by atomic mass is 14.3. The van der Waals surface area contributed by atoms with Crippen LogP contribution < -0.4 is 10.4 Å². The third-order valence-corrected chi connectivity index (χ3v) is 8.53. The highest BCUT2D eigenvalue weighted by Crippen LogP contribution is 2.40. The van der Waals surface area contributed by atoms with Crippen molar-refractivity contribution >= 4 is 11.1 Å². The minimum Gasteiger partial charge on any atom is -0.0616 e. The van der Waals surface area contributed by atoms with Crippen molar-refractivity contribution in [1.29, 1.82) is 0 Å². The predicted molar refractivity (Wildman–Crippen MR) is 149 cm³/mol. The van der Waals surface area contributed by atoms with Gasteiger partial charge < -0.3 is 0 Å². The van der Waals surface area contributed by atoms with Crippen LogP contribution in [0.4, 0.5) is 0 Å². The maximum absolute atomic E-state index is 2.39. The standard InChI is InChI=1S/C36H32/c1-2-14-26-25(13-1)27-15-3-4-17-29(27)31-19-7-8-21-33(31)35-23-11-12-24-36(35)34-22-10-9-20-32(34)30-18-6-5-16-28(26)30/h1-8,13-19,21H,9-12,20,22-24H2/b27-25-,28-26-,31-29-,32-30-,35-33-,36-34-.